The van der Waals surface area contributed by atoms with Crippen molar-refractivity contribution >= 4 is 5.97 Å². The number of carbonyl (C=O) groups is 1. The van der Waals surface area contributed by atoms with Crippen molar-refractivity contribution in [3.8, 4) is 5.75 Å². The van der Waals surface area contributed by atoms with E-state index in [4.69, 9.17) is 9.84 Å². The van der Waals surface area contributed by atoms with Gasteiger partial charge < -0.3 is 14.9 Å². The predicted octanol–water partition coefficient (Wildman–Crippen LogP) is 2.94. The van der Waals surface area contributed by atoms with Gasteiger partial charge in [-0.05, 0) is 47.9 Å². The van der Waals surface area contributed by atoms with Crippen LogP contribution in [0, 0.1) is 5.41 Å². The Hall–Kier alpha value is -1.55. The molecule has 20 heavy (non-hydrogen) atoms. The lowest BCUT2D eigenvalue weighted by molar-refractivity contribution is -0.139. The average molecular weight is 278 g/mol. The molecule has 1 aliphatic rings. The second kappa shape index (κ2) is 5.83. The van der Waals surface area contributed by atoms with Crippen LogP contribution in [0.3, 0.4) is 0 Å². The first-order chi connectivity index (χ1) is 9.37. The summed E-state index contributed by atoms with van der Waals surface area (Å²) in [6.45, 7) is 4.48. The first-order valence-electron chi connectivity index (χ1n) is 7.03. The van der Waals surface area contributed by atoms with E-state index in [9.17, 15) is 9.90 Å². The van der Waals surface area contributed by atoms with E-state index < -0.39 is 17.5 Å². The summed E-state index contributed by atoms with van der Waals surface area (Å²) in [6, 6.07) is 5.75. The number of fused-ring (bicyclic) bond motifs is 1. The fraction of sp³-hybridized carbons (Fsp3) is 0.562. The van der Waals surface area contributed by atoms with E-state index in [0.717, 1.165) is 36.3 Å². The quantitative estimate of drug-likeness (QED) is 0.869. The van der Waals surface area contributed by atoms with Crippen LogP contribution < -0.4 is 4.74 Å². The van der Waals surface area contributed by atoms with Crippen LogP contribution in [0.2, 0.25) is 0 Å². The highest BCUT2D eigenvalue weighted by Crippen LogP contribution is 2.35. The lowest BCUT2D eigenvalue weighted by atomic mass is 9.81. The second-order valence-electron chi connectivity index (χ2n) is 6.27. The molecule has 1 atom stereocenters. The molecule has 0 aromatic heterocycles. The Labute approximate surface area is 119 Å². The maximum absolute atomic E-state index is 10.8. The number of aliphatic hydroxyl groups is 1. The van der Waals surface area contributed by atoms with Crippen molar-refractivity contribution in [1.29, 1.82) is 0 Å². The highest BCUT2D eigenvalue weighted by molar-refractivity contribution is 5.67. The number of rotatable bonds is 5. The lowest BCUT2D eigenvalue weighted by Gasteiger charge is -2.26. The summed E-state index contributed by atoms with van der Waals surface area (Å²) in [4.78, 5) is 10.8. The van der Waals surface area contributed by atoms with Crippen LogP contribution in [0.5, 0.6) is 5.75 Å². The second-order valence-corrected chi connectivity index (χ2v) is 6.27. The van der Waals surface area contributed by atoms with Crippen molar-refractivity contribution in [2.45, 2.75) is 45.6 Å². The molecule has 0 fully saturated rings. The molecule has 2 N–H and O–H groups in total. The Morgan fingerprint density at radius 3 is 2.90 bits per heavy atom. The summed E-state index contributed by atoms with van der Waals surface area (Å²) in [5, 5.41) is 19.2. The van der Waals surface area contributed by atoms with Gasteiger partial charge in [-0.1, -0.05) is 19.9 Å². The van der Waals surface area contributed by atoms with E-state index in [1.807, 2.05) is 32.0 Å². The summed E-state index contributed by atoms with van der Waals surface area (Å²) < 4.78 is 5.55. The molecule has 0 bridgehead atoms. The van der Waals surface area contributed by atoms with Crippen molar-refractivity contribution in [2.75, 3.05) is 6.61 Å². The first-order valence-corrected chi connectivity index (χ1v) is 7.03. The third-order valence-electron chi connectivity index (χ3n) is 3.69. The number of aliphatic carboxylic acids is 1. The number of carboxylic acid groups (broad SMARTS) is 1. The Morgan fingerprint density at radius 1 is 1.45 bits per heavy atom. The molecule has 1 unspecified atom stereocenters. The molecule has 0 saturated heterocycles. The van der Waals surface area contributed by atoms with Gasteiger partial charge in [0.05, 0.1) is 19.1 Å². The monoisotopic (exact) mass is 278 g/mol. The molecule has 4 nitrogen and oxygen atoms in total. The highest BCUT2D eigenvalue weighted by Gasteiger charge is 2.26. The number of aliphatic hydroxyl groups excluding tert-OH is 1. The van der Waals surface area contributed by atoms with Crippen LogP contribution in [0.4, 0.5) is 0 Å². The van der Waals surface area contributed by atoms with Crippen molar-refractivity contribution < 1.29 is 19.7 Å². The summed E-state index contributed by atoms with van der Waals surface area (Å²) in [5.41, 5.74) is 1.54. The van der Waals surface area contributed by atoms with Gasteiger partial charge in [0.2, 0.25) is 0 Å². The Balaban J connectivity index is 2.09. The minimum absolute atomic E-state index is 0.0537. The van der Waals surface area contributed by atoms with Gasteiger partial charge in [-0.2, -0.15) is 0 Å². The molecule has 0 aliphatic carbocycles. The number of benzene rings is 1. The predicted molar refractivity (Wildman–Crippen MR) is 75.9 cm³/mol. The van der Waals surface area contributed by atoms with Gasteiger partial charge in [0.15, 0.2) is 0 Å². The fourth-order valence-corrected chi connectivity index (χ4v) is 2.71. The molecule has 110 valence electrons. The molecule has 1 aromatic carbocycles. The zero-order valence-corrected chi connectivity index (χ0v) is 12.1. The zero-order valence-electron chi connectivity index (χ0n) is 12.1. The zero-order chi connectivity index (χ0) is 14.8. The van der Waals surface area contributed by atoms with Gasteiger partial charge in [-0.25, -0.2) is 0 Å². The van der Waals surface area contributed by atoms with Gasteiger partial charge in [-0.3, -0.25) is 4.79 Å². The number of hydrogen-bond donors (Lipinski definition) is 2. The molecule has 0 amide bonds. The van der Waals surface area contributed by atoms with Crippen LogP contribution in [0.1, 0.15) is 50.3 Å². The molecule has 0 spiro atoms. The maximum Gasteiger partial charge on any atom is 0.303 e. The van der Waals surface area contributed by atoms with E-state index in [0.29, 0.717) is 6.42 Å². The van der Waals surface area contributed by atoms with E-state index in [-0.39, 0.29) is 6.42 Å². The van der Waals surface area contributed by atoms with Gasteiger partial charge in [-0.15, -0.1) is 0 Å². The van der Waals surface area contributed by atoms with Crippen LogP contribution in [-0.2, 0) is 11.2 Å². The van der Waals surface area contributed by atoms with Crippen LogP contribution in [-0.4, -0.2) is 22.8 Å². The van der Waals surface area contributed by atoms with Gasteiger partial charge in [0, 0.05) is 0 Å². The van der Waals surface area contributed by atoms with Crippen molar-refractivity contribution in [1.82, 2.24) is 0 Å². The highest BCUT2D eigenvalue weighted by atomic mass is 16.5. The SMILES string of the molecule is CC(C)(CC(=O)O)CC(O)c1ccc2c(c1)CCCO2. The molecular weight excluding hydrogens is 256 g/mol. The summed E-state index contributed by atoms with van der Waals surface area (Å²) >= 11 is 0. The van der Waals surface area contributed by atoms with Crippen LogP contribution in [0.25, 0.3) is 0 Å². The number of aryl methyl sites for hydroxylation is 1. The third-order valence-corrected chi connectivity index (χ3v) is 3.69. The van der Waals surface area contributed by atoms with Gasteiger partial charge >= 0.3 is 5.97 Å². The van der Waals surface area contributed by atoms with E-state index in [1.165, 1.54) is 0 Å². The Morgan fingerprint density at radius 2 is 2.20 bits per heavy atom. The largest absolute Gasteiger partial charge is 0.493 e. The summed E-state index contributed by atoms with van der Waals surface area (Å²) in [5.74, 6) is 0.0676. The average Bonchev–Trinajstić information content (AvgIpc) is 2.36. The molecule has 1 aliphatic heterocycles. The number of ether oxygens (including phenoxy) is 1. The van der Waals surface area contributed by atoms with Crippen LogP contribution in [0.15, 0.2) is 18.2 Å². The first kappa shape index (κ1) is 14.9. The standard InChI is InChI=1S/C16H22O4/c1-16(2,10-15(18)19)9-13(17)11-5-6-14-12(8-11)4-3-7-20-14/h5-6,8,13,17H,3-4,7,9-10H2,1-2H3,(H,18,19). The normalized spacial score (nSPS) is 16.1. The maximum atomic E-state index is 10.8. The van der Waals surface area contributed by atoms with Gasteiger partial charge in [0.1, 0.15) is 5.75 Å². The molecule has 0 radical (unpaired) electrons. The van der Waals surface area contributed by atoms with E-state index in [1.54, 1.807) is 0 Å². The number of carboxylic acids is 1. The molecular formula is C16H22O4. The summed E-state index contributed by atoms with van der Waals surface area (Å²) in [7, 11) is 0. The van der Waals surface area contributed by atoms with E-state index >= 15 is 0 Å². The van der Waals surface area contributed by atoms with Crippen molar-refractivity contribution in [3.63, 3.8) is 0 Å². The van der Waals surface area contributed by atoms with Gasteiger partial charge in [0.25, 0.3) is 0 Å². The number of hydrogen-bond acceptors (Lipinski definition) is 3. The molecule has 2 rings (SSSR count). The minimum Gasteiger partial charge on any atom is -0.493 e. The van der Waals surface area contributed by atoms with Crippen molar-refractivity contribution in [3.05, 3.63) is 29.3 Å². The van der Waals surface area contributed by atoms with Crippen LogP contribution >= 0.6 is 0 Å². The molecule has 1 heterocycles. The molecule has 1 aromatic rings. The summed E-state index contributed by atoms with van der Waals surface area (Å²) in [6.07, 6.45) is 1.80. The third kappa shape index (κ3) is 3.73. The Bertz CT molecular complexity index is 493. The van der Waals surface area contributed by atoms with Crippen molar-refractivity contribution in [2.24, 2.45) is 5.41 Å². The molecule has 4 heteroatoms. The lowest BCUT2D eigenvalue weighted by Crippen LogP contribution is -2.20. The minimum atomic E-state index is -0.832. The smallest absolute Gasteiger partial charge is 0.303 e. The van der Waals surface area contributed by atoms with E-state index in [2.05, 4.69) is 0 Å². The molecule has 0 saturated carbocycles. The fourth-order valence-electron chi connectivity index (χ4n) is 2.71. The topological polar surface area (TPSA) is 66.8 Å². The Kier molecular flexibility index (Phi) is 4.33.